The molecule has 2 N–H and O–H groups in total. The molecule has 1 unspecified atom stereocenters. The van der Waals surface area contributed by atoms with Crippen molar-refractivity contribution < 1.29 is 18.0 Å². The lowest BCUT2D eigenvalue weighted by atomic mass is 10.1. The van der Waals surface area contributed by atoms with Crippen molar-refractivity contribution in [2.75, 3.05) is 27.7 Å². The molecule has 0 bridgehead atoms. The lowest BCUT2D eigenvalue weighted by molar-refractivity contribution is -0.122. The zero-order chi connectivity index (χ0) is 19.6. The third kappa shape index (κ3) is 5.08. The van der Waals surface area contributed by atoms with Crippen LogP contribution in [0.3, 0.4) is 0 Å². The lowest BCUT2D eigenvalue weighted by Gasteiger charge is -2.17. The quantitative estimate of drug-likeness (QED) is 0.730. The second-order valence-electron chi connectivity index (χ2n) is 6.33. The number of rotatable bonds is 5. The highest BCUT2D eigenvalue weighted by Gasteiger charge is 2.35. The number of halogens is 1. The molecule has 2 amide bonds. The summed E-state index contributed by atoms with van der Waals surface area (Å²) in [6.07, 6.45) is 1.18. The second-order valence-corrected chi connectivity index (χ2v) is 8.99. The van der Waals surface area contributed by atoms with Crippen molar-refractivity contribution in [3.8, 4) is 0 Å². The van der Waals surface area contributed by atoms with Crippen LogP contribution in [0, 0.1) is 5.92 Å². The van der Waals surface area contributed by atoms with Gasteiger partial charge in [-0.15, -0.1) is 0 Å². The van der Waals surface area contributed by atoms with Crippen LogP contribution in [0.15, 0.2) is 53.0 Å². The van der Waals surface area contributed by atoms with Crippen LogP contribution in [-0.4, -0.2) is 33.0 Å². The molecule has 1 heterocycles. The molecule has 2 aromatic rings. The Morgan fingerprint density at radius 3 is 2.56 bits per heavy atom. The van der Waals surface area contributed by atoms with Crippen molar-refractivity contribution in [2.45, 2.75) is 6.42 Å². The van der Waals surface area contributed by atoms with Crippen LogP contribution >= 0.6 is 15.9 Å². The van der Waals surface area contributed by atoms with Gasteiger partial charge < -0.3 is 10.2 Å². The Balaban J connectivity index is 1.69. The van der Waals surface area contributed by atoms with E-state index in [9.17, 15) is 18.0 Å². The Bertz CT molecular complexity index is 994. The maximum absolute atomic E-state index is 12.6. The zero-order valence-electron chi connectivity index (χ0n) is 14.5. The highest BCUT2D eigenvalue weighted by Crippen LogP contribution is 2.28. The summed E-state index contributed by atoms with van der Waals surface area (Å²) in [6.45, 7) is 0.294. The number of sulfonamides is 1. The molecule has 2 aromatic carbocycles. The fourth-order valence-electron chi connectivity index (χ4n) is 2.90. The second kappa shape index (κ2) is 7.69. The lowest BCUT2D eigenvalue weighted by Crippen LogP contribution is -2.28. The number of anilines is 3. The van der Waals surface area contributed by atoms with Crippen molar-refractivity contribution in [1.82, 2.24) is 0 Å². The Morgan fingerprint density at radius 1 is 1.15 bits per heavy atom. The molecule has 0 spiro atoms. The number of hydrogen-bond donors (Lipinski definition) is 2. The molecule has 0 radical (unpaired) electrons. The molecule has 3 rings (SSSR count). The van der Waals surface area contributed by atoms with E-state index in [2.05, 4.69) is 26.0 Å². The van der Waals surface area contributed by atoms with E-state index in [-0.39, 0.29) is 18.2 Å². The zero-order valence-corrected chi connectivity index (χ0v) is 16.9. The van der Waals surface area contributed by atoms with E-state index in [0.29, 0.717) is 17.9 Å². The number of carbonyl (C=O) groups is 2. The van der Waals surface area contributed by atoms with E-state index in [1.165, 1.54) is 6.07 Å². The summed E-state index contributed by atoms with van der Waals surface area (Å²) in [4.78, 5) is 26.5. The van der Waals surface area contributed by atoms with Gasteiger partial charge in [0.25, 0.3) is 0 Å². The molecule has 1 fully saturated rings. The third-order valence-electron chi connectivity index (χ3n) is 4.05. The van der Waals surface area contributed by atoms with E-state index in [1.807, 2.05) is 24.3 Å². The van der Waals surface area contributed by atoms with Crippen LogP contribution in [0.25, 0.3) is 0 Å². The first kappa shape index (κ1) is 19.4. The average molecular weight is 452 g/mol. The van der Waals surface area contributed by atoms with Crippen LogP contribution in [0.4, 0.5) is 17.1 Å². The standard InChI is InChI=1S/C18H18BrN3O4S/c1-27(25,26)21-15-6-3-5-14(10-15)20-18(24)12-8-17(23)22(11-12)16-7-2-4-13(19)9-16/h2-7,9-10,12,21H,8,11H2,1H3,(H,20,24). The van der Waals surface area contributed by atoms with Crippen LogP contribution in [0.2, 0.25) is 0 Å². The highest BCUT2D eigenvalue weighted by molar-refractivity contribution is 9.10. The topological polar surface area (TPSA) is 95.6 Å². The van der Waals surface area contributed by atoms with E-state index < -0.39 is 15.9 Å². The predicted molar refractivity (Wildman–Crippen MR) is 108 cm³/mol. The molecule has 0 aliphatic carbocycles. The number of nitrogens with one attached hydrogen (secondary N) is 2. The first-order valence-electron chi connectivity index (χ1n) is 8.16. The number of benzene rings is 2. The number of amides is 2. The average Bonchev–Trinajstić information content (AvgIpc) is 2.95. The van der Waals surface area contributed by atoms with Gasteiger partial charge in [-0.1, -0.05) is 28.1 Å². The van der Waals surface area contributed by atoms with Crippen molar-refractivity contribution in [2.24, 2.45) is 5.92 Å². The van der Waals surface area contributed by atoms with Gasteiger partial charge in [-0.2, -0.15) is 0 Å². The first-order valence-corrected chi connectivity index (χ1v) is 10.8. The number of carbonyl (C=O) groups excluding carboxylic acids is 2. The molecule has 142 valence electrons. The van der Waals surface area contributed by atoms with Gasteiger partial charge in [-0.3, -0.25) is 14.3 Å². The van der Waals surface area contributed by atoms with E-state index in [4.69, 9.17) is 0 Å². The van der Waals surface area contributed by atoms with Crippen LogP contribution in [0.5, 0.6) is 0 Å². The van der Waals surface area contributed by atoms with Gasteiger partial charge >= 0.3 is 0 Å². The summed E-state index contributed by atoms with van der Waals surface area (Å²) in [5.41, 5.74) is 1.56. The molecule has 7 nitrogen and oxygen atoms in total. The monoisotopic (exact) mass is 451 g/mol. The maximum atomic E-state index is 12.6. The molecule has 1 atom stereocenters. The van der Waals surface area contributed by atoms with Gasteiger partial charge in [-0.25, -0.2) is 8.42 Å². The maximum Gasteiger partial charge on any atom is 0.229 e. The van der Waals surface area contributed by atoms with E-state index in [1.54, 1.807) is 23.1 Å². The molecule has 1 aliphatic heterocycles. The fourth-order valence-corrected chi connectivity index (χ4v) is 3.84. The van der Waals surface area contributed by atoms with Gasteiger partial charge in [-0.05, 0) is 36.4 Å². The summed E-state index contributed by atoms with van der Waals surface area (Å²) in [5.74, 6) is -0.874. The number of hydrogen-bond acceptors (Lipinski definition) is 4. The van der Waals surface area contributed by atoms with Crippen LogP contribution in [-0.2, 0) is 19.6 Å². The summed E-state index contributed by atoms with van der Waals surface area (Å²) < 4.78 is 25.9. The fraction of sp³-hybridized carbons (Fsp3) is 0.222. The molecular weight excluding hydrogens is 434 g/mol. The van der Waals surface area contributed by atoms with Crippen molar-refractivity contribution >= 4 is 54.8 Å². The Hall–Kier alpha value is -2.39. The van der Waals surface area contributed by atoms with Crippen LogP contribution < -0.4 is 14.9 Å². The van der Waals surface area contributed by atoms with Crippen LogP contribution in [0.1, 0.15) is 6.42 Å². The van der Waals surface area contributed by atoms with Gasteiger partial charge in [0, 0.05) is 28.8 Å². The highest BCUT2D eigenvalue weighted by atomic mass is 79.9. The molecule has 9 heteroatoms. The largest absolute Gasteiger partial charge is 0.326 e. The van der Waals surface area contributed by atoms with Gasteiger partial charge in [0.2, 0.25) is 21.8 Å². The molecule has 27 heavy (non-hydrogen) atoms. The molecule has 0 aromatic heterocycles. The Morgan fingerprint density at radius 2 is 1.85 bits per heavy atom. The first-order chi connectivity index (χ1) is 12.7. The van der Waals surface area contributed by atoms with E-state index >= 15 is 0 Å². The minimum atomic E-state index is -3.40. The Kier molecular flexibility index (Phi) is 5.52. The molecular formula is C18H18BrN3O4S. The Labute approximate surface area is 165 Å². The number of nitrogens with zero attached hydrogens (tertiary/aromatic N) is 1. The summed E-state index contributed by atoms with van der Waals surface area (Å²) in [5, 5.41) is 2.75. The summed E-state index contributed by atoms with van der Waals surface area (Å²) >= 11 is 3.38. The predicted octanol–water partition coefficient (Wildman–Crippen LogP) is 2.81. The van der Waals surface area contributed by atoms with E-state index in [0.717, 1.165) is 16.4 Å². The molecule has 0 saturated carbocycles. The molecule has 1 aliphatic rings. The third-order valence-corrected chi connectivity index (χ3v) is 5.15. The normalized spacial score (nSPS) is 17.0. The van der Waals surface area contributed by atoms with Gasteiger partial charge in [0.05, 0.1) is 17.9 Å². The summed E-state index contributed by atoms with van der Waals surface area (Å²) in [7, 11) is -3.40. The molecule has 1 saturated heterocycles. The van der Waals surface area contributed by atoms with Gasteiger partial charge in [0.1, 0.15) is 0 Å². The smallest absolute Gasteiger partial charge is 0.229 e. The van der Waals surface area contributed by atoms with Crippen molar-refractivity contribution in [1.29, 1.82) is 0 Å². The SMILES string of the molecule is CS(=O)(=O)Nc1cccc(NC(=O)C2CC(=O)N(c3cccc(Br)c3)C2)c1. The summed E-state index contributed by atoms with van der Waals surface area (Å²) in [6, 6.07) is 13.8. The van der Waals surface area contributed by atoms with Gasteiger partial charge in [0.15, 0.2) is 0 Å². The van der Waals surface area contributed by atoms with Crippen molar-refractivity contribution in [3.05, 3.63) is 53.0 Å². The minimum Gasteiger partial charge on any atom is -0.326 e. The van der Waals surface area contributed by atoms with Crippen molar-refractivity contribution in [3.63, 3.8) is 0 Å². The minimum absolute atomic E-state index is 0.110.